The molecule has 0 atom stereocenters. The van der Waals surface area contributed by atoms with Gasteiger partial charge < -0.3 is 10.6 Å². The van der Waals surface area contributed by atoms with Gasteiger partial charge in [0.1, 0.15) is 0 Å². The molecule has 1 aliphatic rings. The lowest BCUT2D eigenvalue weighted by Crippen LogP contribution is -2.26. The average molecular weight is 450 g/mol. The van der Waals surface area contributed by atoms with Crippen LogP contribution in [0.15, 0.2) is 97.1 Å². The fourth-order valence-corrected chi connectivity index (χ4v) is 4.02. The number of anilines is 2. The maximum absolute atomic E-state index is 13.5. The molecule has 0 unspecified atom stereocenters. The van der Waals surface area contributed by atoms with Gasteiger partial charge in [-0.3, -0.25) is 19.2 Å². The predicted octanol–water partition coefficient (Wildman–Crippen LogP) is 5.46. The van der Waals surface area contributed by atoms with Crippen molar-refractivity contribution in [2.75, 3.05) is 10.6 Å². The van der Waals surface area contributed by atoms with E-state index in [4.69, 9.17) is 0 Å². The maximum Gasteiger partial charge on any atom is 0.255 e. The minimum Gasteiger partial charge on any atom is -0.321 e. The molecule has 5 rings (SSSR count). The third-order valence-electron chi connectivity index (χ3n) is 5.64. The number of ketones is 2. The number of nitrogens with one attached hydrogen (secondary N) is 2. The normalized spacial score (nSPS) is 11.9. The monoisotopic (exact) mass is 450 g/mol. The first-order valence-electron chi connectivity index (χ1n) is 10.6. The Bertz CT molecular complexity index is 1360. The number of fused-ring (bicyclic) bond motifs is 2. The van der Waals surface area contributed by atoms with Crippen LogP contribution in [0, 0.1) is 0 Å². The molecular formula is C28H22N2O4. The van der Waals surface area contributed by atoms with Gasteiger partial charge in [-0.2, -0.15) is 0 Å². The summed E-state index contributed by atoms with van der Waals surface area (Å²) in [5, 5.41) is 5.51. The molecule has 0 heterocycles. The van der Waals surface area contributed by atoms with E-state index < -0.39 is 11.6 Å². The van der Waals surface area contributed by atoms with Gasteiger partial charge in [-0.05, 0) is 36.4 Å². The van der Waals surface area contributed by atoms with Crippen molar-refractivity contribution in [1.82, 2.24) is 0 Å². The van der Waals surface area contributed by atoms with Crippen LogP contribution in [0.3, 0.4) is 0 Å². The van der Waals surface area contributed by atoms with Crippen LogP contribution in [0.1, 0.15) is 55.4 Å². The zero-order chi connectivity index (χ0) is 23.7. The van der Waals surface area contributed by atoms with E-state index in [1.165, 1.54) is 0 Å². The Morgan fingerprint density at radius 2 is 0.882 bits per heavy atom. The molecule has 0 radical (unpaired) electrons. The molecule has 2 amide bonds. The van der Waals surface area contributed by atoms with E-state index in [9.17, 15) is 19.2 Å². The highest BCUT2D eigenvalue weighted by Gasteiger charge is 2.34. The second-order valence-corrected chi connectivity index (χ2v) is 7.75. The van der Waals surface area contributed by atoms with Crippen LogP contribution in [0.5, 0.6) is 0 Å². The topological polar surface area (TPSA) is 92.3 Å². The fourth-order valence-electron chi connectivity index (χ4n) is 4.02. The molecule has 0 aromatic heterocycles. The SMILES string of the molecule is O=C(Nc1cccc2c1C(=O)c1cccc(NC(=O)c3ccccc3)c1C2=O)c1ccccc1.[HH].[HH]. The Balaban J connectivity index is 0.00000180. The number of amides is 2. The molecule has 0 aliphatic heterocycles. The fraction of sp³-hybridized carbons (Fsp3) is 0. The number of carbonyl (C=O) groups excluding carboxylic acids is 4. The summed E-state index contributed by atoms with van der Waals surface area (Å²) in [6, 6.07) is 26.7. The van der Waals surface area contributed by atoms with Gasteiger partial charge in [-0.15, -0.1) is 0 Å². The molecule has 4 aromatic carbocycles. The van der Waals surface area contributed by atoms with Crippen LogP contribution in [0.4, 0.5) is 11.4 Å². The molecule has 2 N–H and O–H groups in total. The minimum absolute atomic E-state index is 0. The lowest BCUT2D eigenvalue weighted by atomic mass is 9.82. The van der Waals surface area contributed by atoms with Crippen molar-refractivity contribution >= 4 is 34.8 Å². The van der Waals surface area contributed by atoms with Crippen LogP contribution in [-0.4, -0.2) is 23.4 Å². The number of hydrogen-bond donors (Lipinski definition) is 2. The van der Waals surface area contributed by atoms with E-state index in [1.54, 1.807) is 97.1 Å². The Morgan fingerprint density at radius 3 is 1.26 bits per heavy atom. The minimum atomic E-state index is -0.399. The van der Waals surface area contributed by atoms with Crippen LogP contribution >= 0.6 is 0 Å². The summed E-state index contributed by atoms with van der Waals surface area (Å²) in [7, 11) is 0. The van der Waals surface area contributed by atoms with Gasteiger partial charge in [0.2, 0.25) is 0 Å². The lowest BCUT2D eigenvalue weighted by molar-refractivity contribution is 0.0977. The van der Waals surface area contributed by atoms with E-state index in [1.807, 2.05) is 0 Å². The Morgan fingerprint density at radius 1 is 0.500 bits per heavy atom. The van der Waals surface area contributed by atoms with E-state index in [0.717, 1.165) is 0 Å². The Hall–Kier alpha value is -4.84. The van der Waals surface area contributed by atoms with E-state index in [0.29, 0.717) is 11.1 Å². The zero-order valence-electron chi connectivity index (χ0n) is 17.9. The first kappa shape index (κ1) is 21.0. The molecular weight excluding hydrogens is 428 g/mol. The molecule has 6 nitrogen and oxygen atoms in total. The van der Waals surface area contributed by atoms with E-state index in [2.05, 4.69) is 10.6 Å². The largest absolute Gasteiger partial charge is 0.321 e. The molecule has 0 saturated heterocycles. The van der Waals surface area contributed by atoms with Crippen molar-refractivity contribution in [2.24, 2.45) is 0 Å². The summed E-state index contributed by atoms with van der Waals surface area (Å²) >= 11 is 0. The molecule has 6 heteroatoms. The molecule has 34 heavy (non-hydrogen) atoms. The molecule has 0 fully saturated rings. The first-order valence-corrected chi connectivity index (χ1v) is 10.6. The van der Waals surface area contributed by atoms with Gasteiger partial charge in [-0.1, -0.05) is 60.7 Å². The highest BCUT2D eigenvalue weighted by Crippen LogP contribution is 2.35. The number of benzene rings is 4. The van der Waals surface area contributed by atoms with Crippen molar-refractivity contribution < 1.29 is 22.0 Å². The molecule has 4 aromatic rings. The summed E-state index contributed by atoms with van der Waals surface area (Å²) in [6.07, 6.45) is 0. The molecule has 168 valence electrons. The third-order valence-corrected chi connectivity index (χ3v) is 5.64. The van der Waals surface area contributed by atoms with Crippen molar-refractivity contribution in [1.29, 1.82) is 0 Å². The van der Waals surface area contributed by atoms with Crippen LogP contribution in [0.2, 0.25) is 0 Å². The van der Waals surface area contributed by atoms with Gasteiger partial charge >= 0.3 is 0 Å². The quantitative estimate of drug-likeness (QED) is 0.380. The second kappa shape index (κ2) is 8.60. The smallest absolute Gasteiger partial charge is 0.255 e. The Kier molecular flexibility index (Phi) is 5.32. The third kappa shape index (κ3) is 3.67. The highest BCUT2D eigenvalue weighted by atomic mass is 16.2. The predicted molar refractivity (Wildman–Crippen MR) is 133 cm³/mol. The van der Waals surface area contributed by atoms with Crippen LogP contribution in [0.25, 0.3) is 0 Å². The van der Waals surface area contributed by atoms with Crippen molar-refractivity contribution in [3.63, 3.8) is 0 Å². The van der Waals surface area contributed by atoms with E-state index >= 15 is 0 Å². The summed E-state index contributed by atoms with van der Waals surface area (Å²) in [4.78, 5) is 52.3. The average Bonchev–Trinajstić information content (AvgIpc) is 2.88. The summed E-state index contributed by atoms with van der Waals surface area (Å²) in [6.45, 7) is 0. The molecule has 0 bridgehead atoms. The summed E-state index contributed by atoms with van der Waals surface area (Å²) < 4.78 is 0. The molecule has 0 spiro atoms. The van der Waals surface area contributed by atoms with Crippen molar-refractivity contribution in [3.05, 3.63) is 130 Å². The standard InChI is InChI=1S/C28H18N2O4.2H2/c31-25-20-14-8-16-22(30-28(34)18-11-5-2-6-12-18)24(20)26(32)19-13-7-15-21(23(19)25)29-27(33)17-9-3-1-4-10-17;;/h1-16H,(H,29,33)(H,30,34);2*1H. The van der Waals surface area contributed by atoms with Crippen LogP contribution < -0.4 is 10.6 Å². The van der Waals surface area contributed by atoms with Crippen molar-refractivity contribution in [3.8, 4) is 0 Å². The first-order chi connectivity index (χ1) is 16.5. The van der Waals surface area contributed by atoms with E-state index in [-0.39, 0.29) is 48.3 Å². The Labute approximate surface area is 198 Å². The van der Waals surface area contributed by atoms with Gasteiger partial charge in [0.15, 0.2) is 11.6 Å². The highest BCUT2D eigenvalue weighted by molar-refractivity contribution is 6.32. The van der Waals surface area contributed by atoms with Gasteiger partial charge in [0.05, 0.1) is 22.5 Å². The summed E-state index contributed by atoms with van der Waals surface area (Å²) in [5.74, 6) is -1.57. The van der Waals surface area contributed by atoms with Crippen LogP contribution in [-0.2, 0) is 0 Å². The maximum atomic E-state index is 13.5. The van der Waals surface area contributed by atoms with Gasteiger partial charge in [0, 0.05) is 25.1 Å². The lowest BCUT2D eigenvalue weighted by Gasteiger charge is -2.22. The number of carbonyl (C=O) groups is 4. The zero-order valence-corrected chi connectivity index (χ0v) is 17.9. The molecule has 1 aliphatic carbocycles. The number of rotatable bonds is 4. The van der Waals surface area contributed by atoms with Gasteiger partial charge in [-0.25, -0.2) is 0 Å². The van der Waals surface area contributed by atoms with Crippen molar-refractivity contribution in [2.45, 2.75) is 0 Å². The summed E-state index contributed by atoms with van der Waals surface area (Å²) in [5.41, 5.74) is 1.99. The number of hydrogen-bond acceptors (Lipinski definition) is 4. The van der Waals surface area contributed by atoms with Gasteiger partial charge in [0.25, 0.3) is 11.8 Å². The second-order valence-electron chi connectivity index (χ2n) is 7.75. The molecule has 0 saturated carbocycles.